The molecule has 0 aliphatic rings. The number of ether oxygens (including phenoxy) is 1. The normalized spacial score (nSPS) is 11.0. The molecule has 0 aliphatic carbocycles. The molecule has 0 spiro atoms. The van der Waals surface area contributed by atoms with E-state index in [0.29, 0.717) is 11.6 Å². The first kappa shape index (κ1) is 15.5. The number of hydrogen-bond acceptors (Lipinski definition) is 5. The Kier molecular flexibility index (Phi) is 3.82. The molecule has 4 rings (SSSR count). The summed E-state index contributed by atoms with van der Waals surface area (Å²) in [6.07, 6.45) is 0. The van der Waals surface area contributed by atoms with E-state index in [1.54, 1.807) is 24.5 Å². The van der Waals surface area contributed by atoms with Crippen LogP contribution in [-0.4, -0.2) is 23.0 Å². The Hall–Kier alpha value is -2.99. The number of nitrogens with zero attached hydrogens (tertiary/aromatic N) is 2. The van der Waals surface area contributed by atoms with E-state index >= 15 is 0 Å². The Bertz CT molecular complexity index is 1100. The summed E-state index contributed by atoms with van der Waals surface area (Å²) in [5, 5.41) is 5.69. The van der Waals surface area contributed by atoms with Crippen molar-refractivity contribution in [2.45, 2.75) is 6.92 Å². The highest BCUT2D eigenvalue weighted by molar-refractivity contribution is 7.18. The molecule has 2 aromatic heterocycles. The second-order valence-electron chi connectivity index (χ2n) is 5.61. The lowest BCUT2D eigenvalue weighted by Gasteiger charge is -2.09. The summed E-state index contributed by atoms with van der Waals surface area (Å²) < 4.78 is 6.37. The first-order chi connectivity index (χ1) is 12.1. The molecule has 5 nitrogen and oxygen atoms in total. The van der Waals surface area contributed by atoms with Crippen LogP contribution in [0.25, 0.3) is 21.0 Å². The minimum absolute atomic E-state index is 0.273. The summed E-state index contributed by atoms with van der Waals surface area (Å²) in [4.78, 5) is 21.4. The van der Waals surface area contributed by atoms with E-state index in [2.05, 4.69) is 15.3 Å². The van der Waals surface area contributed by atoms with Crippen LogP contribution in [-0.2, 0) is 0 Å². The van der Waals surface area contributed by atoms with Gasteiger partial charge in [0, 0.05) is 11.1 Å². The Morgan fingerprint density at radius 2 is 1.96 bits per heavy atom. The van der Waals surface area contributed by atoms with Gasteiger partial charge in [-0.15, -0.1) is 11.3 Å². The third-order valence-electron chi connectivity index (χ3n) is 3.88. The smallest absolute Gasteiger partial charge is 0.274 e. The Labute approximate surface area is 148 Å². The van der Waals surface area contributed by atoms with Gasteiger partial charge in [0.25, 0.3) is 5.91 Å². The van der Waals surface area contributed by atoms with Crippen LogP contribution in [0.2, 0.25) is 0 Å². The zero-order valence-corrected chi connectivity index (χ0v) is 14.6. The van der Waals surface area contributed by atoms with Crippen LogP contribution in [0.15, 0.2) is 48.5 Å². The molecule has 6 heteroatoms. The van der Waals surface area contributed by atoms with Gasteiger partial charge in [-0.25, -0.2) is 9.97 Å². The highest BCUT2D eigenvalue weighted by Crippen LogP contribution is 2.26. The van der Waals surface area contributed by atoms with Crippen LogP contribution in [0.4, 0.5) is 5.69 Å². The van der Waals surface area contributed by atoms with E-state index in [9.17, 15) is 4.79 Å². The van der Waals surface area contributed by atoms with Crippen molar-refractivity contribution in [3.8, 4) is 5.88 Å². The highest BCUT2D eigenvalue weighted by atomic mass is 32.1. The average molecular weight is 349 g/mol. The first-order valence-corrected chi connectivity index (χ1v) is 8.58. The fraction of sp³-hybridized carbons (Fsp3) is 0.105. The van der Waals surface area contributed by atoms with Crippen molar-refractivity contribution in [3.63, 3.8) is 0 Å². The molecule has 2 heterocycles. The van der Waals surface area contributed by atoms with E-state index in [1.807, 2.05) is 49.4 Å². The number of thiazole rings is 1. The number of methoxy groups -OCH3 is 1. The number of pyridine rings is 1. The quantitative estimate of drug-likeness (QED) is 0.595. The predicted octanol–water partition coefficient (Wildman–Crippen LogP) is 4.41. The molecule has 2 aromatic carbocycles. The number of anilines is 1. The molecule has 0 fully saturated rings. The third kappa shape index (κ3) is 2.92. The van der Waals surface area contributed by atoms with E-state index in [0.717, 1.165) is 31.7 Å². The molecule has 0 unspecified atom stereocenters. The molecule has 0 aliphatic heterocycles. The molecule has 4 aromatic rings. The van der Waals surface area contributed by atoms with Crippen LogP contribution < -0.4 is 10.1 Å². The third-order valence-corrected chi connectivity index (χ3v) is 4.82. The van der Waals surface area contributed by atoms with Crippen molar-refractivity contribution in [3.05, 3.63) is 59.2 Å². The molecule has 0 atom stereocenters. The summed E-state index contributed by atoms with van der Waals surface area (Å²) in [7, 11) is 1.55. The average Bonchev–Trinajstić information content (AvgIpc) is 3.00. The van der Waals surface area contributed by atoms with Gasteiger partial charge >= 0.3 is 0 Å². The maximum Gasteiger partial charge on any atom is 0.274 e. The molecule has 25 heavy (non-hydrogen) atoms. The lowest BCUT2D eigenvalue weighted by Crippen LogP contribution is -2.14. The van der Waals surface area contributed by atoms with Crippen molar-refractivity contribution in [2.24, 2.45) is 0 Å². The van der Waals surface area contributed by atoms with Crippen LogP contribution in [0.3, 0.4) is 0 Å². The van der Waals surface area contributed by atoms with Crippen LogP contribution in [0.1, 0.15) is 15.5 Å². The maximum atomic E-state index is 12.6. The van der Waals surface area contributed by atoms with Crippen LogP contribution >= 0.6 is 11.3 Å². The fourth-order valence-corrected chi connectivity index (χ4v) is 3.62. The van der Waals surface area contributed by atoms with Crippen LogP contribution in [0, 0.1) is 6.92 Å². The Balaban J connectivity index is 1.68. The van der Waals surface area contributed by atoms with E-state index in [4.69, 9.17) is 4.74 Å². The zero-order valence-electron chi connectivity index (χ0n) is 13.7. The Morgan fingerprint density at radius 3 is 2.80 bits per heavy atom. The van der Waals surface area contributed by atoms with Gasteiger partial charge in [0.1, 0.15) is 5.69 Å². The predicted molar refractivity (Wildman–Crippen MR) is 101 cm³/mol. The van der Waals surface area contributed by atoms with E-state index in [1.165, 1.54) is 0 Å². The minimum Gasteiger partial charge on any atom is -0.481 e. The fourth-order valence-electron chi connectivity index (χ4n) is 2.75. The lowest BCUT2D eigenvalue weighted by atomic mass is 10.1. The van der Waals surface area contributed by atoms with Crippen molar-refractivity contribution in [1.29, 1.82) is 0 Å². The number of fused-ring (bicyclic) bond motifs is 2. The summed E-state index contributed by atoms with van der Waals surface area (Å²) in [6.45, 7) is 1.97. The SMILES string of the molecule is COc1nc(C(=O)Nc2ccc3nc(C)sc3c2)cc2ccccc12. The number of carbonyl (C=O) groups is 1. The summed E-state index contributed by atoms with van der Waals surface area (Å²) >= 11 is 1.60. The Morgan fingerprint density at radius 1 is 1.12 bits per heavy atom. The van der Waals surface area contributed by atoms with Crippen molar-refractivity contribution < 1.29 is 9.53 Å². The summed E-state index contributed by atoms with van der Waals surface area (Å²) in [6, 6.07) is 15.1. The number of rotatable bonds is 3. The summed E-state index contributed by atoms with van der Waals surface area (Å²) in [5.41, 5.74) is 1.97. The monoisotopic (exact) mass is 349 g/mol. The van der Waals surface area contributed by atoms with Gasteiger partial charge in [-0.05, 0) is 42.6 Å². The molecule has 0 saturated heterocycles. The van der Waals surface area contributed by atoms with Gasteiger partial charge < -0.3 is 10.1 Å². The van der Waals surface area contributed by atoms with Gasteiger partial charge in [-0.3, -0.25) is 4.79 Å². The number of nitrogens with one attached hydrogen (secondary N) is 1. The molecule has 1 N–H and O–H groups in total. The molecular formula is C19H15N3O2S. The first-order valence-electron chi connectivity index (χ1n) is 7.76. The molecule has 124 valence electrons. The number of hydrogen-bond donors (Lipinski definition) is 1. The number of amides is 1. The van der Waals surface area contributed by atoms with Crippen LogP contribution in [0.5, 0.6) is 5.88 Å². The van der Waals surface area contributed by atoms with Gasteiger partial charge in [0.2, 0.25) is 5.88 Å². The number of carbonyl (C=O) groups excluding carboxylic acids is 1. The van der Waals surface area contributed by atoms with Gasteiger partial charge in [0.05, 0.1) is 22.3 Å². The van der Waals surface area contributed by atoms with E-state index in [-0.39, 0.29) is 5.91 Å². The van der Waals surface area contributed by atoms with Gasteiger partial charge in [-0.1, -0.05) is 18.2 Å². The largest absolute Gasteiger partial charge is 0.481 e. The summed E-state index contributed by atoms with van der Waals surface area (Å²) in [5.74, 6) is 0.168. The number of aryl methyl sites for hydroxylation is 1. The number of aromatic nitrogens is 2. The second-order valence-corrected chi connectivity index (χ2v) is 6.84. The number of benzene rings is 2. The van der Waals surface area contributed by atoms with Crippen molar-refractivity contribution in [1.82, 2.24) is 9.97 Å². The van der Waals surface area contributed by atoms with Gasteiger partial charge in [0.15, 0.2) is 0 Å². The second kappa shape index (κ2) is 6.14. The molecule has 0 radical (unpaired) electrons. The lowest BCUT2D eigenvalue weighted by molar-refractivity contribution is 0.102. The maximum absolute atomic E-state index is 12.6. The molecule has 0 saturated carbocycles. The molecule has 0 bridgehead atoms. The van der Waals surface area contributed by atoms with E-state index < -0.39 is 0 Å². The minimum atomic E-state index is -0.273. The van der Waals surface area contributed by atoms with Gasteiger partial charge in [-0.2, -0.15) is 0 Å². The van der Waals surface area contributed by atoms with Crippen molar-refractivity contribution >= 4 is 43.9 Å². The zero-order chi connectivity index (χ0) is 17.4. The van der Waals surface area contributed by atoms with Crippen molar-refractivity contribution in [2.75, 3.05) is 12.4 Å². The molecule has 1 amide bonds. The topological polar surface area (TPSA) is 64.1 Å². The molecular weight excluding hydrogens is 334 g/mol. The standard InChI is InChI=1S/C19H15N3O2S/c1-11-20-15-8-7-13(10-17(15)25-11)21-18(23)16-9-12-5-3-4-6-14(12)19(22-16)24-2/h3-10H,1-2H3,(H,21,23). The highest BCUT2D eigenvalue weighted by Gasteiger charge is 2.13.